The van der Waals surface area contributed by atoms with E-state index in [1.54, 1.807) is 11.8 Å². The first-order valence-corrected chi connectivity index (χ1v) is 10.3. The Morgan fingerprint density at radius 2 is 1.54 bits per heavy atom. The van der Waals surface area contributed by atoms with Crippen LogP contribution in [0.25, 0.3) is 0 Å². The van der Waals surface area contributed by atoms with E-state index < -0.39 is 27.8 Å². The highest BCUT2D eigenvalue weighted by Crippen LogP contribution is 2.69. The third kappa shape index (κ3) is 2.35. The highest BCUT2D eigenvalue weighted by Gasteiger charge is 2.77. The van der Waals surface area contributed by atoms with Crippen molar-refractivity contribution in [3.05, 3.63) is 54.6 Å². The van der Waals surface area contributed by atoms with Crippen LogP contribution in [-0.4, -0.2) is 17.5 Å². The van der Waals surface area contributed by atoms with Gasteiger partial charge in [0.05, 0.1) is 5.69 Å². The number of hydrogen-bond acceptors (Lipinski definition) is 4. The molecule has 5 heteroatoms. The van der Waals surface area contributed by atoms with Gasteiger partial charge >= 0.3 is 0 Å². The maximum Gasteiger partial charge on any atom is 0.239 e. The smallest absolute Gasteiger partial charge is 0.239 e. The molecule has 2 atom stereocenters. The van der Waals surface area contributed by atoms with Gasteiger partial charge in [0, 0.05) is 15.2 Å². The van der Waals surface area contributed by atoms with Crippen molar-refractivity contribution < 1.29 is 14.4 Å². The van der Waals surface area contributed by atoms with Gasteiger partial charge in [0.2, 0.25) is 17.5 Å². The van der Waals surface area contributed by atoms with Gasteiger partial charge in [0.15, 0.2) is 0 Å². The first-order valence-electron chi connectivity index (χ1n) is 9.47. The van der Waals surface area contributed by atoms with Crippen molar-refractivity contribution in [2.75, 3.05) is 5.32 Å². The van der Waals surface area contributed by atoms with E-state index in [4.69, 9.17) is 0 Å². The molecule has 0 saturated heterocycles. The van der Waals surface area contributed by atoms with Crippen LogP contribution in [0.3, 0.4) is 0 Å². The molecule has 1 N–H and O–H groups in total. The highest BCUT2D eigenvalue weighted by atomic mass is 32.2. The van der Waals surface area contributed by atoms with E-state index in [0.29, 0.717) is 18.5 Å². The van der Waals surface area contributed by atoms with Gasteiger partial charge in [-0.3, -0.25) is 14.4 Å². The van der Waals surface area contributed by atoms with Gasteiger partial charge in [-0.25, -0.2) is 0 Å². The first kappa shape index (κ1) is 18.9. The van der Waals surface area contributed by atoms with Gasteiger partial charge in [-0.05, 0) is 42.5 Å². The summed E-state index contributed by atoms with van der Waals surface area (Å²) in [6.45, 7) is 5.59. The molecule has 0 aliphatic heterocycles. The fourth-order valence-corrected chi connectivity index (χ4v) is 5.70. The van der Waals surface area contributed by atoms with Crippen molar-refractivity contribution in [2.24, 2.45) is 16.2 Å². The maximum absolute atomic E-state index is 13.4. The number of para-hydroxylation sites is 1. The normalized spacial score (nSPS) is 27.8. The molecule has 0 unspecified atom stereocenters. The maximum atomic E-state index is 13.4. The van der Waals surface area contributed by atoms with E-state index in [2.05, 4.69) is 5.32 Å². The molecule has 2 aliphatic rings. The predicted molar refractivity (Wildman–Crippen MR) is 109 cm³/mol. The van der Waals surface area contributed by atoms with Crippen molar-refractivity contribution in [1.29, 1.82) is 0 Å². The average molecular weight is 394 g/mol. The van der Waals surface area contributed by atoms with Crippen molar-refractivity contribution in [3.63, 3.8) is 0 Å². The average Bonchev–Trinajstić information content (AvgIpc) is 2.96. The summed E-state index contributed by atoms with van der Waals surface area (Å²) in [5.74, 6) is -1.29. The number of hydrogen-bond donors (Lipinski definition) is 1. The van der Waals surface area contributed by atoms with Crippen molar-refractivity contribution in [3.8, 4) is 0 Å². The predicted octanol–water partition coefficient (Wildman–Crippen LogP) is 4.74. The number of carbonyl (C=O) groups is 3. The number of Topliss-reactive ketones (excluding diaryl/α,β-unsaturated/α-hetero) is 2. The lowest BCUT2D eigenvalue weighted by Crippen LogP contribution is -2.47. The van der Waals surface area contributed by atoms with E-state index in [9.17, 15) is 14.4 Å². The first-order chi connectivity index (χ1) is 13.2. The van der Waals surface area contributed by atoms with Gasteiger partial charge in [-0.2, -0.15) is 0 Å². The molecule has 0 aromatic heterocycles. The van der Waals surface area contributed by atoms with Crippen LogP contribution in [0.2, 0.25) is 0 Å². The molecule has 2 fully saturated rings. The second kappa shape index (κ2) is 6.31. The Labute approximate surface area is 169 Å². The van der Waals surface area contributed by atoms with E-state index in [0.717, 1.165) is 9.79 Å². The lowest BCUT2D eigenvalue weighted by molar-refractivity contribution is -0.147. The number of amides is 1. The molecular formula is C23H23NO3S. The molecule has 2 aromatic rings. The summed E-state index contributed by atoms with van der Waals surface area (Å²) in [6.07, 6.45) is 0.985. The summed E-state index contributed by atoms with van der Waals surface area (Å²) in [4.78, 5) is 40.9. The van der Waals surface area contributed by atoms with Crippen LogP contribution in [0.1, 0.15) is 33.6 Å². The third-order valence-electron chi connectivity index (χ3n) is 7.04. The van der Waals surface area contributed by atoms with E-state index >= 15 is 0 Å². The number of nitrogens with one attached hydrogen (secondary N) is 1. The van der Waals surface area contributed by atoms with E-state index in [-0.39, 0.29) is 5.91 Å². The molecule has 2 saturated carbocycles. The molecule has 2 aromatic carbocycles. The SMILES string of the molecule is CC1(C)[C@]2(C(=O)Nc3ccccc3Sc3ccccc3)CC[C@]1(C)C(=O)C2=O. The van der Waals surface area contributed by atoms with Gasteiger partial charge in [-0.15, -0.1) is 0 Å². The van der Waals surface area contributed by atoms with Crippen LogP contribution in [0, 0.1) is 16.2 Å². The molecule has 0 spiro atoms. The number of fused-ring (bicyclic) bond motifs is 2. The summed E-state index contributed by atoms with van der Waals surface area (Å²) in [5.41, 5.74) is -2.10. The molecule has 2 aliphatic carbocycles. The van der Waals surface area contributed by atoms with Gasteiger partial charge in [0.25, 0.3) is 0 Å². The van der Waals surface area contributed by atoms with Crippen LogP contribution in [0.4, 0.5) is 5.69 Å². The molecule has 4 nitrogen and oxygen atoms in total. The second-order valence-electron chi connectivity index (χ2n) is 8.39. The molecule has 2 bridgehead atoms. The Hall–Kier alpha value is -2.40. The molecule has 144 valence electrons. The summed E-state index contributed by atoms with van der Waals surface area (Å²) >= 11 is 1.55. The molecule has 28 heavy (non-hydrogen) atoms. The highest BCUT2D eigenvalue weighted by molar-refractivity contribution is 7.99. The largest absolute Gasteiger partial charge is 0.324 e. The molecular weight excluding hydrogens is 370 g/mol. The summed E-state index contributed by atoms with van der Waals surface area (Å²) < 4.78 is 0. The number of carbonyl (C=O) groups excluding carboxylic acids is 3. The van der Waals surface area contributed by atoms with E-state index in [1.165, 1.54) is 0 Å². The van der Waals surface area contributed by atoms with Gasteiger partial charge in [-0.1, -0.05) is 62.9 Å². The monoisotopic (exact) mass is 393 g/mol. The molecule has 0 radical (unpaired) electrons. The van der Waals surface area contributed by atoms with Crippen molar-refractivity contribution in [2.45, 2.75) is 43.4 Å². The Balaban J connectivity index is 1.67. The number of benzene rings is 2. The standard InChI is InChI=1S/C23H23NO3S/c1-21(2)22(3)13-14-23(21,19(26)18(22)25)20(27)24-16-11-7-8-12-17(16)28-15-9-5-4-6-10-15/h4-12H,13-14H2,1-3H3,(H,24,27)/t22-,23-/m1/s1. The zero-order valence-corrected chi connectivity index (χ0v) is 17.1. The summed E-state index contributed by atoms with van der Waals surface area (Å²) in [5, 5.41) is 2.98. The molecule has 1 amide bonds. The number of rotatable bonds is 4. The second-order valence-corrected chi connectivity index (χ2v) is 9.50. The Morgan fingerprint density at radius 1 is 0.893 bits per heavy atom. The van der Waals surface area contributed by atoms with Crippen LogP contribution in [0.15, 0.2) is 64.4 Å². The quantitative estimate of drug-likeness (QED) is 0.602. The van der Waals surface area contributed by atoms with Crippen molar-refractivity contribution >= 4 is 34.9 Å². The number of anilines is 1. The lowest BCUT2D eigenvalue weighted by atomic mass is 9.64. The third-order valence-corrected chi connectivity index (χ3v) is 8.12. The minimum absolute atomic E-state index is 0.363. The fraction of sp³-hybridized carbons (Fsp3) is 0.348. The zero-order valence-electron chi connectivity index (χ0n) is 16.2. The minimum Gasteiger partial charge on any atom is -0.324 e. The Morgan fingerprint density at radius 3 is 2.18 bits per heavy atom. The van der Waals surface area contributed by atoms with Gasteiger partial charge in [0.1, 0.15) is 5.41 Å². The van der Waals surface area contributed by atoms with Crippen LogP contribution < -0.4 is 5.32 Å². The van der Waals surface area contributed by atoms with Crippen LogP contribution >= 0.6 is 11.8 Å². The van der Waals surface area contributed by atoms with E-state index in [1.807, 2.05) is 75.4 Å². The summed E-state index contributed by atoms with van der Waals surface area (Å²) in [7, 11) is 0. The molecule has 4 rings (SSSR count). The summed E-state index contributed by atoms with van der Waals surface area (Å²) in [6, 6.07) is 17.4. The topological polar surface area (TPSA) is 63.2 Å². The lowest BCUT2D eigenvalue weighted by Gasteiger charge is -2.37. The number of ketones is 2. The Kier molecular flexibility index (Phi) is 4.27. The fourth-order valence-electron chi connectivity index (χ4n) is 4.78. The van der Waals surface area contributed by atoms with Crippen molar-refractivity contribution in [1.82, 2.24) is 0 Å². The zero-order chi connectivity index (χ0) is 20.2. The van der Waals surface area contributed by atoms with Crippen LogP contribution in [-0.2, 0) is 14.4 Å². The Bertz CT molecular complexity index is 984. The minimum atomic E-state index is -1.29. The van der Waals surface area contributed by atoms with Crippen LogP contribution in [0.5, 0.6) is 0 Å². The van der Waals surface area contributed by atoms with Gasteiger partial charge < -0.3 is 5.32 Å². The molecule has 0 heterocycles.